The van der Waals surface area contributed by atoms with Crippen molar-refractivity contribution in [1.29, 1.82) is 0 Å². The molecule has 2 aromatic rings. The summed E-state index contributed by atoms with van der Waals surface area (Å²) in [4.78, 5) is 3.84. The Balaban J connectivity index is 1.62. The first-order valence-corrected chi connectivity index (χ1v) is 9.59. The van der Waals surface area contributed by atoms with Crippen molar-refractivity contribution in [3.8, 4) is 0 Å². The van der Waals surface area contributed by atoms with Crippen LogP contribution in [0.4, 0.5) is 4.39 Å². The standard InChI is InChI=1S/C19H17FN2O2S/c20-18-6-3-15(12-22-18)14-7-9-19(11-14)10-8-17(19)13-1-4-16(5-2-13)25(21,23)24/h1-7,9,11-12,17H,8,10H2,(H2,21,23,24). The van der Waals surface area contributed by atoms with Crippen LogP contribution in [-0.4, -0.2) is 13.4 Å². The smallest absolute Gasteiger partial charge is 0.228 e. The van der Waals surface area contributed by atoms with Gasteiger partial charge in [0.2, 0.25) is 16.0 Å². The van der Waals surface area contributed by atoms with Gasteiger partial charge in [0.1, 0.15) is 0 Å². The number of nitrogens with zero attached hydrogens (tertiary/aromatic N) is 1. The van der Waals surface area contributed by atoms with Crippen LogP contribution in [0.2, 0.25) is 0 Å². The Labute approximate surface area is 146 Å². The summed E-state index contributed by atoms with van der Waals surface area (Å²) in [7, 11) is -3.67. The second-order valence-electron chi connectivity index (χ2n) is 6.62. The zero-order valence-electron chi connectivity index (χ0n) is 13.4. The average Bonchev–Trinajstić information content (AvgIpc) is 3.02. The first-order chi connectivity index (χ1) is 11.9. The largest absolute Gasteiger partial charge is 0.238 e. The lowest BCUT2D eigenvalue weighted by Crippen LogP contribution is -2.33. The van der Waals surface area contributed by atoms with Gasteiger partial charge in [-0.05, 0) is 59.7 Å². The number of halogens is 1. The summed E-state index contributed by atoms with van der Waals surface area (Å²) in [6.07, 6.45) is 10.1. The van der Waals surface area contributed by atoms with Crippen LogP contribution in [-0.2, 0) is 10.0 Å². The molecule has 2 aliphatic rings. The Morgan fingerprint density at radius 1 is 1.16 bits per heavy atom. The van der Waals surface area contributed by atoms with E-state index in [2.05, 4.69) is 23.2 Å². The lowest BCUT2D eigenvalue weighted by molar-refractivity contribution is 0.221. The van der Waals surface area contributed by atoms with Crippen LogP contribution >= 0.6 is 0 Å². The fourth-order valence-electron chi connectivity index (χ4n) is 3.72. The second kappa shape index (κ2) is 5.61. The molecule has 2 atom stereocenters. The van der Waals surface area contributed by atoms with E-state index in [0.29, 0.717) is 5.92 Å². The van der Waals surface area contributed by atoms with Crippen LogP contribution in [0.3, 0.4) is 0 Å². The Hall–Kier alpha value is -2.31. The fraction of sp³-hybridized carbons (Fsp3) is 0.211. The van der Waals surface area contributed by atoms with Gasteiger partial charge in [-0.1, -0.05) is 30.4 Å². The predicted molar refractivity (Wildman–Crippen MR) is 93.5 cm³/mol. The quantitative estimate of drug-likeness (QED) is 0.857. The second-order valence-corrected chi connectivity index (χ2v) is 8.18. The highest BCUT2D eigenvalue weighted by molar-refractivity contribution is 7.89. The van der Waals surface area contributed by atoms with Gasteiger partial charge in [0.05, 0.1) is 4.90 Å². The van der Waals surface area contributed by atoms with Crippen molar-refractivity contribution in [2.75, 3.05) is 0 Å². The number of hydrogen-bond donors (Lipinski definition) is 1. The number of rotatable bonds is 3. The van der Waals surface area contributed by atoms with Gasteiger partial charge in [0, 0.05) is 11.6 Å². The summed E-state index contributed by atoms with van der Waals surface area (Å²) in [6.45, 7) is 0. The van der Waals surface area contributed by atoms with Gasteiger partial charge in [-0.15, -0.1) is 0 Å². The zero-order chi connectivity index (χ0) is 17.7. The topological polar surface area (TPSA) is 73.1 Å². The van der Waals surface area contributed by atoms with Crippen molar-refractivity contribution in [3.05, 3.63) is 77.9 Å². The molecule has 1 aromatic heterocycles. The molecule has 2 aliphatic carbocycles. The van der Waals surface area contributed by atoms with E-state index in [0.717, 1.165) is 29.5 Å². The van der Waals surface area contributed by atoms with E-state index in [9.17, 15) is 12.8 Å². The predicted octanol–water partition coefficient (Wildman–Crippen LogP) is 3.39. The lowest BCUT2D eigenvalue weighted by Gasteiger charge is -2.45. The van der Waals surface area contributed by atoms with Crippen molar-refractivity contribution in [1.82, 2.24) is 4.98 Å². The van der Waals surface area contributed by atoms with Gasteiger partial charge in [-0.25, -0.2) is 18.5 Å². The van der Waals surface area contributed by atoms with Crippen molar-refractivity contribution < 1.29 is 12.8 Å². The van der Waals surface area contributed by atoms with E-state index in [4.69, 9.17) is 5.14 Å². The van der Waals surface area contributed by atoms with Gasteiger partial charge in [-0.3, -0.25) is 0 Å². The molecule has 1 heterocycles. The maximum atomic E-state index is 13.0. The minimum atomic E-state index is -3.67. The Kier molecular flexibility index (Phi) is 3.63. The third-order valence-electron chi connectivity index (χ3n) is 5.18. The van der Waals surface area contributed by atoms with Gasteiger partial charge in [0.25, 0.3) is 0 Å². The molecule has 4 rings (SSSR count). The van der Waals surface area contributed by atoms with Gasteiger partial charge >= 0.3 is 0 Å². The molecule has 1 saturated carbocycles. The Morgan fingerprint density at radius 2 is 1.92 bits per heavy atom. The number of primary sulfonamides is 1. The number of sulfonamides is 1. The van der Waals surface area contributed by atoms with E-state index in [1.807, 2.05) is 12.1 Å². The first-order valence-electron chi connectivity index (χ1n) is 8.04. The molecule has 0 amide bonds. The van der Waals surface area contributed by atoms with Crippen molar-refractivity contribution in [3.63, 3.8) is 0 Å². The summed E-state index contributed by atoms with van der Waals surface area (Å²) < 4.78 is 35.8. The Morgan fingerprint density at radius 3 is 2.48 bits per heavy atom. The molecule has 0 aliphatic heterocycles. The van der Waals surface area contributed by atoms with Crippen molar-refractivity contribution in [2.45, 2.75) is 23.7 Å². The number of hydrogen-bond acceptors (Lipinski definition) is 3. The van der Waals surface area contributed by atoms with E-state index < -0.39 is 16.0 Å². The zero-order valence-corrected chi connectivity index (χ0v) is 14.2. The molecule has 0 saturated heterocycles. The van der Waals surface area contributed by atoms with Crippen molar-refractivity contribution in [2.24, 2.45) is 10.6 Å². The van der Waals surface area contributed by atoms with E-state index in [1.165, 1.54) is 6.07 Å². The number of nitrogens with two attached hydrogens (primary N) is 1. The van der Waals surface area contributed by atoms with Crippen LogP contribution in [0.25, 0.3) is 5.57 Å². The van der Waals surface area contributed by atoms with Crippen LogP contribution in [0.5, 0.6) is 0 Å². The molecule has 128 valence electrons. The minimum absolute atomic E-state index is 0.0627. The molecule has 0 radical (unpaired) electrons. The summed E-state index contributed by atoms with van der Waals surface area (Å²) in [6, 6.07) is 9.88. The van der Waals surface area contributed by atoms with E-state index in [1.54, 1.807) is 24.4 Å². The number of allylic oxidation sites excluding steroid dienone is 4. The summed E-state index contributed by atoms with van der Waals surface area (Å²) >= 11 is 0. The lowest BCUT2D eigenvalue weighted by atomic mass is 9.58. The molecule has 4 nitrogen and oxygen atoms in total. The molecule has 1 fully saturated rings. The normalized spacial score (nSPS) is 25.0. The molecule has 25 heavy (non-hydrogen) atoms. The maximum absolute atomic E-state index is 13.0. The maximum Gasteiger partial charge on any atom is 0.238 e. The third-order valence-corrected chi connectivity index (χ3v) is 6.11. The van der Waals surface area contributed by atoms with Gasteiger partial charge in [-0.2, -0.15) is 4.39 Å². The molecular formula is C19H17FN2O2S. The number of pyridine rings is 1. The fourth-order valence-corrected chi connectivity index (χ4v) is 4.23. The molecule has 2 unspecified atom stereocenters. The SMILES string of the molecule is NS(=O)(=O)c1ccc(C2CCC23C=CC(c2ccc(F)nc2)=C3)cc1. The molecule has 6 heteroatoms. The molecule has 1 spiro atoms. The number of aromatic nitrogens is 1. The first kappa shape index (κ1) is 16.2. The summed E-state index contributed by atoms with van der Waals surface area (Å²) in [5.41, 5.74) is 2.97. The van der Waals surface area contributed by atoms with E-state index in [-0.39, 0.29) is 10.3 Å². The molecule has 2 N–H and O–H groups in total. The van der Waals surface area contributed by atoms with Crippen LogP contribution in [0.15, 0.2) is 65.7 Å². The van der Waals surface area contributed by atoms with Crippen LogP contribution in [0.1, 0.15) is 29.9 Å². The third kappa shape index (κ3) is 2.81. The van der Waals surface area contributed by atoms with Crippen molar-refractivity contribution >= 4 is 15.6 Å². The molecular weight excluding hydrogens is 339 g/mol. The van der Waals surface area contributed by atoms with Gasteiger partial charge < -0.3 is 0 Å². The molecule has 0 bridgehead atoms. The molecule has 1 aromatic carbocycles. The summed E-state index contributed by atoms with van der Waals surface area (Å²) in [5.74, 6) is -0.193. The van der Waals surface area contributed by atoms with Crippen LogP contribution < -0.4 is 5.14 Å². The van der Waals surface area contributed by atoms with Gasteiger partial charge in [0.15, 0.2) is 0 Å². The number of benzene rings is 1. The highest BCUT2D eigenvalue weighted by atomic mass is 32.2. The Bertz CT molecular complexity index is 979. The van der Waals surface area contributed by atoms with E-state index >= 15 is 0 Å². The average molecular weight is 356 g/mol. The monoisotopic (exact) mass is 356 g/mol. The summed E-state index contributed by atoms with van der Waals surface area (Å²) in [5, 5.41) is 5.16. The van der Waals surface area contributed by atoms with Crippen LogP contribution in [0, 0.1) is 11.4 Å². The highest BCUT2D eigenvalue weighted by Crippen LogP contribution is 2.58. The highest BCUT2D eigenvalue weighted by Gasteiger charge is 2.45. The minimum Gasteiger partial charge on any atom is -0.228 e.